The van der Waals surface area contributed by atoms with Gasteiger partial charge in [0.1, 0.15) is 0 Å². The summed E-state index contributed by atoms with van der Waals surface area (Å²) in [6.45, 7) is 1.60. The molecule has 122 valence electrons. The Kier molecular flexibility index (Phi) is 4.68. The smallest absolute Gasteiger partial charge is 0.356 e. The van der Waals surface area contributed by atoms with E-state index in [2.05, 4.69) is 4.98 Å². The molecule has 0 aliphatic rings. The van der Waals surface area contributed by atoms with Crippen LogP contribution >= 0.6 is 23.2 Å². The summed E-state index contributed by atoms with van der Waals surface area (Å²) in [4.78, 5) is 16.8. The standard InChI is InChI=1S/C15H14Cl2FN3O2/c1-6-11(19)9(17)13(15(22)23)20-12(6)7-4-5-8(16)14(10(7)18)21(2)3/h4-5H,1-3H3,(H2,19,20)(H,22,23). The molecule has 0 radical (unpaired) electrons. The van der Waals surface area contributed by atoms with Gasteiger partial charge in [0.15, 0.2) is 11.5 Å². The predicted molar refractivity (Wildman–Crippen MR) is 90.1 cm³/mol. The second-order valence-corrected chi connectivity index (χ2v) is 5.90. The van der Waals surface area contributed by atoms with Crippen LogP contribution in [0.5, 0.6) is 0 Å². The minimum atomic E-state index is -1.34. The number of hydrogen-bond donors (Lipinski definition) is 2. The van der Waals surface area contributed by atoms with Crippen LogP contribution in [-0.4, -0.2) is 30.2 Å². The lowest BCUT2D eigenvalue weighted by atomic mass is 10.0. The van der Waals surface area contributed by atoms with E-state index in [9.17, 15) is 14.3 Å². The number of benzene rings is 1. The highest BCUT2D eigenvalue weighted by Gasteiger charge is 2.23. The van der Waals surface area contributed by atoms with E-state index >= 15 is 0 Å². The Morgan fingerprint density at radius 3 is 2.48 bits per heavy atom. The summed E-state index contributed by atoms with van der Waals surface area (Å²) in [5.74, 6) is -1.96. The number of nitrogen functional groups attached to an aromatic ring is 1. The molecule has 0 spiro atoms. The van der Waals surface area contributed by atoms with Crippen LogP contribution < -0.4 is 10.6 Å². The van der Waals surface area contributed by atoms with Crippen molar-refractivity contribution in [3.63, 3.8) is 0 Å². The van der Waals surface area contributed by atoms with Gasteiger partial charge in [-0.3, -0.25) is 0 Å². The lowest BCUT2D eigenvalue weighted by Gasteiger charge is -2.19. The molecule has 1 heterocycles. The molecule has 0 saturated heterocycles. The van der Waals surface area contributed by atoms with Crippen molar-refractivity contribution < 1.29 is 14.3 Å². The summed E-state index contributed by atoms with van der Waals surface area (Å²) in [7, 11) is 3.29. The summed E-state index contributed by atoms with van der Waals surface area (Å²) in [5, 5.41) is 9.25. The number of anilines is 2. The van der Waals surface area contributed by atoms with Crippen molar-refractivity contribution in [1.82, 2.24) is 4.98 Å². The first-order valence-corrected chi connectivity index (χ1v) is 7.27. The average molecular weight is 358 g/mol. The molecule has 3 N–H and O–H groups in total. The van der Waals surface area contributed by atoms with Gasteiger partial charge in [0.25, 0.3) is 0 Å². The molecule has 2 rings (SSSR count). The molecule has 0 saturated carbocycles. The SMILES string of the molecule is Cc1c(-c2ccc(Cl)c(N(C)C)c2F)nc(C(=O)O)c(Cl)c1N. The number of carbonyl (C=O) groups is 1. The fraction of sp³-hybridized carbons (Fsp3) is 0.200. The van der Waals surface area contributed by atoms with Crippen LogP contribution in [0.15, 0.2) is 12.1 Å². The Balaban J connectivity index is 2.83. The number of aromatic carboxylic acids is 1. The molecule has 0 aliphatic heterocycles. The number of carboxylic acids is 1. The molecule has 0 unspecified atom stereocenters. The van der Waals surface area contributed by atoms with Crippen molar-refractivity contribution in [3.8, 4) is 11.3 Å². The third-order valence-electron chi connectivity index (χ3n) is 3.40. The van der Waals surface area contributed by atoms with Crippen molar-refractivity contribution >= 4 is 40.5 Å². The van der Waals surface area contributed by atoms with E-state index in [1.165, 1.54) is 17.0 Å². The van der Waals surface area contributed by atoms with Gasteiger partial charge in [0.05, 0.1) is 27.1 Å². The van der Waals surface area contributed by atoms with E-state index in [4.69, 9.17) is 28.9 Å². The normalized spacial score (nSPS) is 10.7. The third kappa shape index (κ3) is 2.92. The van der Waals surface area contributed by atoms with Gasteiger partial charge < -0.3 is 15.7 Å². The van der Waals surface area contributed by atoms with E-state index in [-0.39, 0.29) is 32.7 Å². The summed E-state index contributed by atoms with van der Waals surface area (Å²) in [5.41, 5.74) is 6.25. The molecule has 1 aromatic heterocycles. The number of carboxylic acid groups (broad SMARTS) is 1. The highest BCUT2D eigenvalue weighted by Crippen LogP contribution is 2.38. The Labute approximate surface area is 142 Å². The van der Waals surface area contributed by atoms with E-state index in [1.54, 1.807) is 21.0 Å². The van der Waals surface area contributed by atoms with E-state index in [0.717, 1.165) is 0 Å². The van der Waals surface area contributed by atoms with Gasteiger partial charge in [-0.1, -0.05) is 23.2 Å². The quantitative estimate of drug-likeness (QED) is 0.871. The van der Waals surface area contributed by atoms with Gasteiger partial charge in [-0.15, -0.1) is 0 Å². The number of hydrogen-bond acceptors (Lipinski definition) is 4. The average Bonchev–Trinajstić information content (AvgIpc) is 2.45. The molecular formula is C15H14Cl2FN3O2. The lowest BCUT2D eigenvalue weighted by Crippen LogP contribution is -2.13. The largest absolute Gasteiger partial charge is 0.476 e. The lowest BCUT2D eigenvalue weighted by molar-refractivity contribution is 0.0691. The zero-order valence-electron chi connectivity index (χ0n) is 12.6. The summed E-state index contributed by atoms with van der Waals surface area (Å²) in [6.07, 6.45) is 0. The van der Waals surface area contributed by atoms with Crippen molar-refractivity contribution in [1.29, 1.82) is 0 Å². The second-order valence-electron chi connectivity index (χ2n) is 5.12. The van der Waals surface area contributed by atoms with Gasteiger partial charge in [0.2, 0.25) is 0 Å². The molecule has 0 aliphatic carbocycles. The minimum Gasteiger partial charge on any atom is -0.476 e. The maximum Gasteiger partial charge on any atom is 0.356 e. The van der Waals surface area contributed by atoms with Gasteiger partial charge in [-0.05, 0) is 24.6 Å². The highest BCUT2D eigenvalue weighted by atomic mass is 35.5. The Morgan fingerprint density at radius 1 is 1.35 bits per heavy atom. The molecule has 5 nitrogen and oxygen atoms in total. The van der Waals surface area contributed by atoms with Gasteiger partial charge >= 0.3 is 5.97 Å². The first-order valence-electron chi connectivity index (χ1n) is 6.51. The molecular weight excluding hydrogens is 344 g/mol. The minimum absolute atomic E-state index is 0.0508. The fourth-order valence-corrected chi connectivity index (χ4v) is 2.78. The van der Waals surface area contributed by atoms with Crippen LogP contribution in [0.1, 0.15) is 16.1 Å². The van der Waals surface area contributed by atoms with E-state index in [1.807, 2.05) is 0 Å². The maximum absolute atomic E-state index is 14.8. The molecule has 0 amide bonds. The molecule has 1 aromatic carbocycles. The Bertz CT molecular complexity index is 810. The molecule has 23 heavy (non-hydrogen) atoms. The van der Waals surface area contributed by atoms with Crippen molar-refractivity contribution in [3.05, 3.63) is 39.3 Å². The first kappa shape index (κ1) is 17.3. The van der Waals surface area contributed by atoms with Gasteiger partial charge in [0, 0.05) is 19.7 Å². The summed E-state index contributed by atoms with van der Waals surface area (Å²) in [6, 6.07) is 2.95. The topological polar surface area (TPSA) is 79.5 Å². The second kappa shape index (κ2) is 6.22. The van der Waals surface area contributed by atoms with Crippen molar-refractivity contribution in [2.75, 3.05) is 24.7 Å². The molecule has 0 bridgehead atoms. The van der Waals surface area contributed by atoms with Crippen LogP contribution in [0.2, 0.25) is 10.0 Å². The zero-order valence-corrected chi connectivity index (χ0v) is 14.1. The highest BCUT2D eigenvalue weighted by molar-refractivity contribution is 6.36. The monoisotopic (exact) mass is 357 g/mol. The number of pyridine rings is 1. The summed E-state index contributed by atoms with van der Waals surface area (Å²) < 4.78 is 14.8. The van der Waals surface area contributed by atoms with Crippen LogP contribution in [0.3, 0.4) is 0 Å². The molecule has 2 aromatic rings. The van der Waals surface area contributed by atoms with E-state index in [0.29, 0.717) is 5.56 Å². The van der Waals surface area contributed by atoms with E-state index < -0.39 is 17.5 Å². The molecule has 8 heteroatoms. The number of rotatable bonds is 3. The van der Waals surface area contributed by atoms with Crippen LogP contribution in [0.25, 0.3) is 11.3 Å². The number of nitrogens with zero attached hydrogens (tertiary/aromatic N) is 2. The summed E-state index contributed by atoms with van der Waals surface area (Å²) >= 11 is 11.9. The van der Waals surface area contributed by atoms with Crippen molar-refractivity contribution in [2.45, 2.75) is 6.92 Å². The third-order valence-corrected chi connectivity index (χ3v) is 4.09. The predicted octanol–water partition coefficient (Wildman–Crippen LogP) is 3.85. The van der Waals surface area contributed by atoms with Crippen LogP contribution in [0, 0.1) is 12.7 Å². The molecule has 0 fully saturated rings. The number of nitrogens with two attached hydrogens (primary N) is 1. The zero-order chi connectivity index (χ0) is 17.5. The first-order chi connectivity index (χ1) is 10.7. The fourth-order valence-electron chi connectivity index (χ4n) is 2.20. The Morgan fingerprint density at radius 2 is 1.96 bits per heavy atom. The van der Waals surface area contributed by atoms with Gasteiger partial charge in [-0.25, -0.2) is 14.2 Å². The maximum atomic E-state index is 14.8. The Hall–Kier alpha value is -2.05. The van der Waals surface area contributed by atoms with Gasteiger partial charge in [-0.2, -0.15) is 0 Å². The van der Waals surface area contributed by atoms with Crippen molar-refractivity contribution in [2.24, 2.45) is 0 Å². The van der Waals surface area contributed by atoms with Crippen LogP contribution in [0.4, 0.5) is 15.8 Å². The number of halogens is 3. The molecule has 0 atom stereocenters. The van der Waals surface area contributed by atoms with Crippen LogP contribution in [-0.2, 0) is 0 Å². The number of aromatic nitrogens is 1.